The van der Waals surface area contributed by atoms with E-state index in [9.17, 15) is 8.78 Å². The quantitative estimate of drug-likeness (QED) is 0.855. The van der Waals surface area contributed by atoms with Crippen molar-refractivity contribution >= 4 is 11.3 Å². The molecule has 0 fully saturated rings. The Labute approximate surface area is 121 Å². The number of thiophene rings is 1. The van der Waals surface area contributed by atoms with Gasteiger partial charge in [0.15, 0.2) is 0 Å². The van der Waals surface area contributed by atoms with Crippen LogP contribution >= 0.6 is 11.3 Å². The van der Waals surface area contributed by atoms with E-state index in [4.69, 9.17) is 0 Å². The standard InChI is InChI=1S/C15H17F2NOS/c1-3-18-13(14-10(2)8-9-20-14)11-6-4-5-7-12(11)19-15(16)17/h4-9,13,15,18H,3H2,1-2H3. The molecule has 1 atom stereocenters. The maximum absolute atomic E-state index is 12.5. The van der Waals surface area contributed by atoms with Gasteiger partial charge in [-0.2, -0.15) is 8.78 Å². The molecule has 2 aromatic rings. The second-order valence-electron chi connectivity index (χ2n) is 4.37. The summed E-state index contributed by atoms with van der Waals surface area (Å²) in [5, 5.41) is 5.35. The zero-order valence-corrected chi connectivity index (χ0v) is 12.2. The van der Waals surface area contributed by atoms with Crippen LogP contribution in [0.3, 0.4) is 0 Å². The molecule has 2 rings (SSSR count). The van der Waals surface area contributed by atoms with E-state index < -0.39 is 6.61 Å². The molecule has 0 aliphatic carbocycles. The number of para-hydroxylation sites is 1. The minimum Gasteiger partial charge on any atom is -0.434 e. The Morgan fingerprint density at radius 1 is 1.25 bits per heavy atom. The van der Waals surface area contributed by atoms with E-state index in [1.165, 1.54) is 0 Å². The first-order valence-corrected chi connectivity index (χ1v) is 7.32. The second-order valence-corrected chi connectivity index (χ2v) is 5.32. The van der Waals surface area contributed by atoms with E-state index in [1.54, 1.807) is 23.5 Å². The molecule has 1 unspecified atom stereocenters. The van der Waals surface area contributed by atoms with Gasteiger partial charge in [0, 0.05) is 10.4 Å². The molecular formula is C15H17F2NOS. The van der Waals surface area contributed by atoms with Gasteiger partial charge in [-0.1, -0.05) is 25.1 Å². The summed E-state index contributed by atoms with van der Waals surface area (Å²) in [6.45, 7) is 1.94. The van der Waals surface area contributed by atoms with Crippen LogP contribution in [0, 0.1) is 6.92 Å². The Morgan fingerprint density at radius 2 is 2.00 bits per heavy atom. The maximum Gasteiger partial charge on any atom is 0.387 e. The highest BCUT2D eigenvalue weighted by Gasteiger charge is 2.21. The molecule has 0 amide bonds. The minimum absolute atomic E-state index is 0.130. The van der Waals surface area contributed by atoms with E-state index in [-0.39, 0.29) is 11.8 Å². The summed E-state index contributed by atoms with van der Waals surface area (Å²) < 4.78 is 29.7. The van der Waals surface area contributed by atoms with Crippen LogP contribution in [0.25, 0.3) is 0 Å². The number of benzene rings is 1. The molecule has 0 spiro atoms. The molecule has 1 aromatic carbocycles. The zero-order valence-electron chi connectivity index (χ0n) is 11.4. The fraction of sp³-hybridized carbons (Fsp3) is 0.333. The zero-order chi connectivity index (χ0) is 14.5. The van der Waals surface area contributed by atoms with Gasteiger partial charge in [0.2, 0.25) is 0 Å². The molecule has 0 aliphatic heterocycles. The highest BCUT2D eigenvalue weighted by Crippen LogP contribution is 2.34. The van der Waals surface area contributed by atoms with Gasteiger partial charge in [0.05, 0.1) is 6.04 Å². The number of rotatable bonds is 6. The van der Waals surface area contributed by atoms with Gasteiger partial charge in [-0.15, -0.1) is 11.3 Å². The van der Waals surface area contributed by atoms with Gasteiger partial charge in [-0.25, -0.2) is 0 Å². The van der Waals surface area contributed by atoms with Crippen molar-refractivity contribution in [3.8, 4) is 5.75 Å². The van der Waals surface area contributed by atoms with Crippen molar-refractivity contribution in [3.05, 3.63) is 51.7 Å². The van der Waals surface area contributed by atoms with Crippen molar-refractivity contribution < 1.29 is 13.5 Å². The third-order valence-electron chi connectivity index (χ3n) is 3.02. The largest absolute Gasteiger partial charge is 0.434 e. The van der Waals surface area contributed by atoms with Crippen molar-refractivity contribution in [1.29, 1.82) is 0 Å². The normalized spacial score (nSPS) is 12.7. The van der Waals surface area contributed by atoms with Crippen LogP contribution in [-0.4, -0.2) is 13.2 Å². The molecule has 20 heavy (non-hydrogen) atoms. The highest BCUT2D eigenvalue weighted by molar-refractivity contribution is 7.10. The lowest BCUT2D eigenvalue weighted by molar-refractivity contribution is -0.0506. The summed E-state index contributed by atoms with van der Waals surface area (Å²) in [7, 11) is 0. The SMILES string of the molecule is CCNC(c1ccccc1OC(F)F)c1sccc1C. The fourth-order valence-electron chi connectivity index (χ4n) is 2.15. The van der Waals surface area contributed by atoms with Crippen LogP contribution in [0.1, 0.15) is 29.0 Å². The van der Waals surface area contributed by atoms with E-state index in [0.717, 1.165) is 22.5 Å². The molecule has 5 heteroatoms. The summed E-state index contributed by atoms with van der Waals surface area (Å²) in [6, 6.07) is 8.83. The lowest BCUT2D eigenvalue weighted by Gasteiger charge is -2.21. The molecule has 0 bridgehead atoms. The van der Waals surface area contributed by atoms with Crippen molar-refractivity contribution in [3.63, 3.8) is 0 Å². The van der Waals surface area contributed by atoms with Crippen LogP contribution < -0.4 is 10.1 Å². The number of ether oxygens (including phenoxy) is 1. The first-order chi connectivity index (χ1) is 9.63. The molecule has 1 aromatic heterocycles. The maximum atomic E-state index is 12.5. The lowest BCUT2D eigenvalue weighted by Crippen LogP contribution is -2.22. The van der Waals surface area contributed by atoms with Crippen LogP contribution in [0.4, 0.5) is 8.78 Å². The van der Waals surface area contributed by atoms with Gasteiger partial charge >= 0.3 is 6.61 Å². The van der Waals surface area contributed by atoms with Crippen molar-refractivity contribution in [1.82, 2.24) is 5.32 Å². The van der Waals surface area contributed by atoms with Gasteiger partial charge in [0.25, 0.3) is 0 Å². The number of hydrogen-bond donors (Lipinski definition) is 1. The molecule has 0 radical (unpaired) electrons. The number of alkyl halides is 2. The van der Waals surface area contributed by atoms with Crippen LogP contribution in [-0.2, 0) is 0 Å². The Hall–Kier alpha value is -1.46. The first-order valence-electron chi connectivity index (χ1n) is 6.44. The summed E-state index contributed by atoms with van der Waals surface area (Å²) in [5.41, 5.74) is 1.88. The Kier molecular flexibility index (Phi) is 5.09. The third kappa shape index (κ3) is 3.35. The summed E-state index contributed by atoms with van der Waals surface area (Å²) in [6.07, 6.45) is 0. The monoisotopic (exact) mass is 297 g/mol. The molecular weight excluding hydrogens is 280 g/mol. The smallest absolute Gasteiger partial charge is 0.387 e. The van der Waals surface area contributed by atoms with E-state index in [2.05, 4.69) is 10.1 Å². The molecule has 2 nitrogen and oxygen atoms in total. The number of hydrogen-bond acceptors (Lipinski definition) is 3. The molecule has 0 saturated carbocycles. The van der Waals surface area contributed by atoms with Crippen molar-refractivity contribution in [2.45, 2.75) is 26.5 Å². The Bertz CT molecular complexity index is 556. The van der Waals surface area contributed by atoms with Crippen LogP contribution in [0.5, 0.6) is 5.75 Å². The predicted molar refractivity (Wildman–Crippen MR) is 77.6 cm³/mol. The second kappa shape index (κ2) is 6.81. The fourth-order valence-corrected chi connectivity index (χ4v) is 3.17. The van der Waals surface area contributed by atoms with E-state index in [0.29, 0.717) is 0 Å². The lowest BCUT2D eigenvalue weighted by atomic mass is 10.0. The average molecular weight is 297 g/mol. The Morgan fingerprint density at radius 3 is 2.60 bits per heavy atom. The van der Waals surface area contributed by atoms with E-state index >= 15 is 0 Å². The van der Waals surface area contributed by atoms with Gasteiger partial charge in [-0.05, 0) is 36.5 Å². The molecule has 0 aliphatic rings. The molecule has 108 valence electrons. The third-order valence-corrected chi connectivity index (χ3v) is 4.10. The number of nitrogens with one attached hydrogen (secondary N) is 1. The topological polar surface area (TPSA) is 21.3 Å². The van der Waals surface area contributed by atoms with Crippen LogP contribution in [0.15, 0.2) is 35.7 Å². The molecule has 1 N–H and O–H groups in total. The summed E-state index contributed by atoms with van der Waals surface area (Å²) in [4.78, 5) is 1.12. The highest BCUT2D eigenvalue weighted by atomic mass is 32.1. The number of halogens is 2. The molecule has 1 heterocycles. The summed E-state index contributed by atoms with van der Waals surface area (Å²) in [5.74, 6) is 0.223. The first kappa shape index (κ1) is 14.9. The van der Waals surface area contributed by atoms with E-state index in [1.807, 2.05) is 37.4 Å². The Balaban J connectivity index is 2.42. The summed E-state index contributed by atoms with van der Waals surface area (Å²) >= 11 is 1.61. The number of aryl methyl sites for hydroxylation is 1. The average Bonchev–Trinajstić information content (AvgIpc) is 2.82. The predicted octanol–water partition coefficient (Wildman–Crippen LogP) is 4.36. The van der Waals surface area contributed by atoms with Crippen molar-refractivity contribution in [2.75, 3.05) is 6.54 Å². The van der Waals surface area contributed by atoms with Gasteiger partial charge in [-0.3, -0.25) is 0 Å². The molecule has 0 saturated heterocycles. The van der Waals surface area contributed by atoms with Gasteiger partial charge in [0.1, 0.15) is 5.75 Å². The van der Waals surface area contributed by atoms with Crippen LogP contribution in [0.2, 0.25) is 0 Å². The van der Waals surface area contributed by atoms with Crippen molar-refractivity contribution in [2.24, 2.45) is 0 Å². The van der Waals surface area contributed by atoms with Gasteiger partial charge < -0.3 is 10.1 Å². The minimum atomic E-state index is -2.82.